The molecule has 2 heteroatoms. The number of rotatable bonds is 4. The van der Waals surface area contributed by atoms with E-state index in [0.29, 0.717) is 0 Å². The first-order valence-corrected chi connectivity index (χ1v) is 11.7. The molecule has 2 aromatic rings. The van der Waals surface area contributed by atoms with Gasteiger partial charge in [0, 0.05) is 0 Å². The summed E-state index contributed by atoms with van der Waals surface area (Å²) in [5, 5.41) is 2.90. The Balaban J connectivity index is 2.49. The third-order valence-corrected chi connectivity index (χ3v) is 10.6. The van der Waals surface area contributed by atoms with Crippen LogP contribution in [0.3, 0.4) is 0 Å². The van der Waals surface area contributed by atoms with Gasteiger partial charge in [-0.2, -0.15) is 0 Å². The van der Waals surface area contributed by atoms with E-state index < -0.39 is 16.9 Å². The van der Waals surface area contributed by atoms with Crippen molar-refractivity contribution < 1.29 is 0 Å². The fourth-order valence-electron chi connectivity index (χ4n) is 2.10. The molecule has 0 N–H and O–H groups in total. The Hall–Kier alpha value is -1.39. The maximum Gasteiger partial charge on any atom is 0.145 e. The van der Waals surface area contributed by atoms with Crippen molar-refractivity contribution >= 4 is 27.2 Å². The van der Waals surface area contributed by atoms with E-state index in [1.54, 1.807) is 0 Å². The predicted octanol–water partition coefficient (Wildman–Crippen LogP) is 3.27. The highest BCUT2D eigenvalue weighted by atomic mass is 28.4. The molecular weight excluding hydrogens is 260 g/mol. The highest BCUT2D eigenvalue weighted by molar-refractivity contribution is 7.07. The van der Waals surface area contributed by atoms with E-state index in [1.165, 1.54) is 15.2 Å². The van der Waals surface area contributed by atoms with Crippen LogP contribution in [0.25, 0.3) is 0 Å². The summed E-state index contributed by atoms with van der Waals surface area (Å²) in [5.74, 6) is 0. The Kier molecular flexibility index (Phi) is 4.22. The third kappa shape index (κ3) is 3.34. The smallest absolute Gasteiger partial charge is 0.107 e. The first-order chi connectivity index (χ1) is 9.00. The molecule has 0 amide bonds. The SMILES string of the molecule is C=C([Si](c1ccccc1)c1ccccc1)[Si](C)(C)C. The van der Waals surface area contributed by atoms with Gasteiger partial charge in [-0.15, -0.1) is 6.58 Å². The van der Waals surface area contributed by atoms with Crippen molar-refractivity contribution in [1.29, 1.82) is 0 Å². The quantitative estimate of drug-likeness (QED) is 0.755. The maximum absolute atomic E-state index is 4.49. The summed E-state index contributed by atoms with van der Waals surface area (Å²) in [6.45, 7) is 11.7. The average Bonchev–Trinajstić information content (AvgIpc) is 2.40. The van der Waals surface area contributed by atoms with Crippen LogP contribution < -0.4 is 10.4 Å². The van der Waals surface area contributed by atoms with E-state index in [1.807, 2.05) is 0 Å². The molecule has 0 aromatic heterocycles. The van der Waals surface area contributed by atoms with Crippen LogP contribution in [-0.2, 0) is 0 Å². The molecule has 0 aliphatic carbocycles. The van der Waals surface area contributed by atoms with Gasteiger partial charge in [-0.25, -0.2) is 0 Å². The molecule has 97 valence electrons. The van der Waals surface area contributed by atoms with Crippen LogP contribution in [0.15, 0.2) is 72.1 Å². The normalized spacial score (nSPS) is 11.6. The molecule has 0 nitrogen and oxygen atoms in total. The molecule has 2 aromatic carbocycles. The van der Waals surface area contributed by atoms with Gasteiger partial charge in [-0.3, -0.25) is 0 Å². The van der Waals surface area contributed by atoms with Crippen molar-refractivity contribution in [3.05, 3.63) is 72.1 Å². The summed E-state index contributed by atoms with van der Waals surface area (Å²) in [5.41, 5.74) is 0. The molecule has 0 aliphatic heterocycles. The van der Waals surface area contributed by atoms with Gasteiger partial charge in [0.25, 0.3) is 0 Å². The zero-order chi connectivity index (χ0) is 13.9. The zero-order valence-corrected chi connectivity index (χ0v) is 14.0. The molecule has 2 rings (SSSR count). The van der Waals surface area contributed by atoms with E-state index >= 15 is 0 Å². The number of benzene rings is 2. The largest absolute Gasteiger partial charge is 0.145 e. The van der Waals surface area contributed by atoms with Gasteiger partial charge in [-0.05, 0) is 0 Å². The van der Waals surface area contributed by atoms with Gasteiger partial charge in [-0.1, -0.05) is 95.5 Å². The standard InChI is InChI=1S/C17H21Si2/c1-15(19(2,3)4)18(16-11-7-5-8-12-16)17-13-9-6-10-14-17/h5-14H,1H2,2-4H3. The summed E-state index contributed by atoms with van der Waals surface area (Å²) in [7, 11) is -2.21. The van der Waals surface area contributed by atoms with Gasteiger partial charge in [0.05, 0.1) is 8.07 Å². The van der Waals surface area contributed by atoms with E-state index in [-0.39, 0.29) is 0 Å². The van der Waals surface area contributed by atoms with Crippen molar-refractivity contribution in [2.45, 2.75) is 19.6 Å². The lowest BCUT2D eigenvalue weighted by molar-refractivity contribution is 1.69. The van der Waals surface area contributed by atoms with Crippen LogP contribution in [0.5, 0.6) is 0 Å². The minimum absolute atomic E-state index is 0.868. The fourth-order valence-corrected chi connectivity index (χ4v) is 8.05. The minimum atomic E-state index is -1.34. The van der Waals surface area contributed by atoms with Crippen LogP contribution in [0.1, 0.15) is 0 Å². The topological polar surface area (TPSA) is 0 Å². The second-order valence-electron chi connectivity index (χ2n) is 5.84. The highest BCUT2D eigenvalue weighted by Crippen LogP contribution is 2.15. The van der Waals surface area contributed by atoms with Crippen LogP contribution in [-0.4, -0.2) is 16.9 Å². The molecule has 0 saturated carbocycles. The number of hydrogen-bond donors (Lipinski definition) is 0. The molecule has 1 radical (unpaired) electrons. The zero-order valence-electron chi connectivity index (χ0n) is 12.0. The fraction of sp³-hybridized carbons (Fsp3) is 0.176. The summed E-state index contributed by atoms with van der Waals surface area (Å²) < 4.78 is 0. The van der Waals surface area contributed by atoms with Gasteiger partial charge in [0.1, 0.15) is 8.80 Å². The Bertz CT molecular complexity index is 499. The monoisotopic (exact) mass is 281 g/mol. The van der Waals surface area contributed by atoms with Crippen molar-refractivity contribution in [3.8, 4) is 0 Å². The molecule has 0 atom stereocenters. The van der Waals surface area contributed by atoms with Gasteiger partial charge >= 0.3 is 0 Å². The van der Waals surface area contributed by atoms with Gasteiger partial charge < -0.3 is 0 Å². The summed E-state index contributed by atoms with van der Waals surface area (Å²) in [4.78, 5) is 1.50. The number of hydrogen-bond acceptors (Lipinski definition) is 0. The van der Waals surface area contributed by atoms with Crippen molar-refractivity contribution in [2.75, 3.05) is 0 Å². The molecular formula is C17H21Si2. The molecule has 19 heavy (non-hydrogen) atoms. The van der Waals surface area contributed by atoms with Crippen LogP contribution in [0.2, 0.25) is 19.6 Å². The Morgan fingerprint density at radius 3 is 1.47 bits per heavy atom. The van der Waals surface area contributed by atoms with E-state index in [2.05, 4.69) is 86.9 Å². The molecule has 0 aliphatic rings. The van der Waals surface area contributed by atoms with Crippen LogP contribution in [0, 0.1) is 0 Å². The predicted molar refractivity (Wildman–Crippen MR) is 90.4 cm³/mol. The van der Waals surface area contributed by atoms with Gasteiger partial charge in [0.15, 0.2) is 0 Å². The molecule has 0 fully saturated rings. The van der Waals surface area contributed by atoms with Gasteiger partial charge in [0.2, 0.25) is 0 Å². The minimum Gasteiger partial charge on any atom is -0.107 e. The van der Waals surface area contributed by atoms with Crippen LogP contribution in [0.4, 0.5) is 0 Å². The van der Waals surface area contributed by atoms with E-state index in [9.17, 15) is 0 Å². The highest BCUT2D eigenvalue weighted by Gasteiger charge is 2.29. The van der Waals surface area contributed by atoms with E-state index in [0.717, 1.165) is 0 Å². The lowest BCUT2D eigenvalue weighted by Gasteiger charge is -2.27. The Labute approximate surface area is 119 Å². The summed E-state index contributed by atoms with van der Waals surface area (Å²) in [6.07, 6.45) is 0. The van der Waals surface area contributed by atoms with Crippen LogP contribution >= 0.6 is 0 Å². The third-order valence-electron chi connectivity index (χ3n) is 3.33. The first-order valence-electron chi connectivity index (χ1n) is 6.67. The Morgan fingerprint density at radius 1 is 0.789 bits per heavy atom. The maximum atomic E-state index is 4.49. The molecule has 0 heterocycles. The second-order valence-corrected chi connectivity index (χ2v) is 13.9. The lowest BCUT2D eigenvalue weighted by atomic mass is 10.4. The van der Waals surface area contributed by atoms with Crippen molar-refractivity contribution in [2.24, 2.45) is 0 Å². The van der Waals surface area contributed by atoms with E-state index in [4.69, 9.17) is 0 Å². The molecule has 0 spiro atoms. The molecule has 0 unspecified atom stereocenters. The second kappa shape index (κ2) is 5.72. The summed E-state index contributed by atoms with van der Waals surface area (Å²) in [6, 6.07) is 21.8. The average molecular weight is 282 g/mol. The first kappa shape index (κ1) is 14.0. The van der Waals surface area contributed by atoms with Crippen molar-refractivity contribution in [1.82, 2.24) is 0 Å². The lowest BCUT2D eigenvalue weighted by Crippen LogP contribution is -2.50. The molecule has 0 bridgehead atoms. The summed E-state index contributed by atoms with van der Waals surface area (Å²) >= 11 is 0. The van der Waals surface area contributed by atoms with Crippen molar-refractivity contribution in [3.63, 3.8) is 0 Å². The molecule has 0 saturated heterocycles. The Morgan fingerprint density at radius 2 is 1.16 bits per heavy atom.